The number of para-hydroxylation sites is 1. The van der Waals surface area contributed by atoms with E-state index in [-0.39, 0.29) is 47.0 Å². The number of nitrogens with zero attached hydrogens (tertiary/aromatic N) is 1. The van der Waals surface area contributed by atoms with Gasteiger partial charge in [0.2, 0.25) is 11.8 Å². The maximum absolute atomic E-state index is 15.0. The van der Waals surface area contributed by atoms with Crippen molar-refractivity contribution in [2.75, 3.05) is 0 Å². The Bertz CT molecular complexity index is 1550. The lowest BCUT2D eigenvalue weighted by atomic mass is 9.53. The zero-order chi connectivity index (χ0) is 30.3. The first-order valence-electron chi connectivity index (χ1n) is 16.3. The van der Waals surface area contributed by atoms with Gasteiger partial charge in [0.15, 0.2) is 0 Å². The van der Waals surface area contributed by atoms with Crippen LogP contribution in [0.1, 0.15) is 95.4 Å². The highest BCUT2D eigenvalue weighted by molar-refractivity contribution is 5.92. The third-order valence-corrected chi connectivity index (χ3v) is 11.9. The molecule has 228 valence electrons. The van der Waals surface area contributed by atoms with Crippen molar-refractivity contribution in [1.29, 1.82) is 0 Å². The summed E-state index contributed by atoms with van der Waals surface area (Å²) in [6, 6.07) is 15.0. The summed E-state index contributed by atoms with van der Waals surface area (Å²) in [7, 11) is 0. The Morgan fingerprint density at radius 1 is 0.977 bits per heavy atom. The average molecular weight is 584 g/mol. The van der Waals surface area contributed by atoms with Crippen molar-refractivity contribution < 1.29 is 14.0 Å². The predicted octanol–water partition coefficient (Wildman–Crippen LogP) is 7.64. The first kappa shape index (κ1) is 28.6. The Hall–Kier alpha value is -3.15. The van der Waals surface area contributed by atoms with Gasteiger partial charge in [-0.1, -0.05) is 50.2 Å². The van der Waals surface area contributed by atoms with Crippen LogP contribution in [0.2, 0.25) is 0 Å². The van der Waals surface area contributed by atoms with E-state index in [0.29, 0.717) is 29.7 Å². The fourth-order valence-electron chi connectivity index (χ4n) is 9.87. The quantitative estimate of drug-likeness (QED) is 0.286. The Balaban J connectivity index is 1.16. The van der Waals surface area contributed by atoms with Crippen LogP contribution >= 0.6 is 0 Å². The van der Waals surface area contributed by atoms with Crippen LogP contribution < -0.4 is 5.32 Å². The summed E-state index contributed by atoms with van der Waals surface area (Å²) >= 11 is 0. The number of hydrogen-bond donors (Lipinski definition) is 2. The van der Waals surface area contributed by atoms with Gasteiger partial charge in [0.25, 0.3) is 0 Å². The van der Waals surface area contributed by atoms with Crippen molar-refractivity contribution in [3.63, 3.8) is 0 Å². The van der Waals surface area contributed by atoms with Gasteiger partial charge < -0.3 is 15.2 Å². The standard InChI is InChI=1S/C37H46FN3O2/c1-22-32(27-11-7-9-13-30(27)39-22)33-28(35(33,2)3)17-31(42)41(21-26-10-6-8-12-29(26)38)36(4,5)34(43)40-37-18-23-14-24(19-37)16-25(15-23)20-37/h6-13,23-25,28,33,39H,14-21H2,1-5H3,(H,40,43)/t23?,24?,25?,28-,33-,37?/m1/s1. The Kier molecular flexibility index (Phi) is 6.61. The van der Waals surface area contributed by atoms with E-state index in [1.807, 2.05) is 19.9 Å². The summed E-state index contributed by atoms with van der Waals surface area (Å²) in [6.07, 6.45) is 7.34. The van der Waals surface area contributed by atoms with Crippen LogP contribution in [0, 0.1) is 41.8 Å². The van der Waals surface area contributed by atoms with Crippen LogP contribution in [0.15, 0.2) is 48.5 Å². The molecule has 1 heterocycles. The number of carbonyl (C=O) groups excluding carboxylic acids is 2. The first-order chi connectivity index (χ1) is 20.4. The zero-order valence-corrected chi connectivity index (χ0v) is 26.3. The lowest BCUT2D eigenvalue weighted by Gasteiger charge is -2.57. The maximum Gasteiger partial charge on any atom is 0.245 e. The molecule has 0 saturated heterocycles. The van der Waals surface area contributed by atoms with Gasteiger partial charge in [-0.05, 0) is 112 Å². The lowest BCUT2D eigenvalue weighted by Crippen LogP contribution is -2.65. The number of aromatic nitrogens is 1. The molecule has 2 atom stereocenters. The normalized spacial score (nSPS) is 30.4. The molecular weight excluding hydrogens is 537 g/mol. The maximum atomic E-state index is 15.0. The molecular formula is C37H46FN3O2. The van der Waals surface area contributed by atoms with E-state index in [1.54, 1.807) is 23.1 Å². The molecule has 0 aliphatic heterocycles. The number of H-pyrrole nitrogens is 1. The van der Waals surface area contributed by atoms with E-state index < -0.39 is 5.54 Å². The average Bonchev–Trinajstić information content (AvgIpc) is 3.28. The van der Waals surface area contributed by atoms with Gasteiger partial charge in [-0.3, -0.25) is 9.59 Å². The predicted molar refractivity (Wildman–Crippen MR) is 168 cm³/mol. The first-order valence-corrected chi connectivity index (χ1v) is 16.3. The smallest absolute Gasteiger partial charge is 0.245 e. The van der Waals surface area contributed by atoms with Crippen molar-refractivity contribution in [1.82, 2.24) is 15.2 Å². The van der Waals surface area contributed by atoms with Crippen LogP contribution in [0.3, 0.4) is 0 Å². The number of nitrogens with one attached hydrogen (secondary N) is 2. The largest absolute Gasteiger partial charge is 0.358 e. The SMILES string of the molecule is Cc1[nH]c2ccccc2c1[C@H]1[C@@H](CC(=O)N(Cc2ccccc2F)C(C)(C)C(=O)NC23CC4CC(CC(C4)C2)C3)C1(C)C. The lowest BCUT2D eigenvalue weighted by molar-refractivity contribution is -0.150. The minimum atomic E-state index is -1.13. The molecule has 0 radical (unpaired) electrons. The van der Waals surface area contributed by atoms with Crippen LogP contribution in [0.4, 0.5) is 4.39 Å². The molecule has 2 N–H and O–H groups in total. The number of aromatic amines is 1. The van der Waals surface area contributed by atoms with Crippen molar-refractivity contribution in [2.24, 2.45) is 29.1 Å². The molecule has 0 spiro atoms. The summed E-state index contributed by atoms with van der Waals surface area (Å²) in [6.45, 7) is 10.4. The van der Waals surface area contributed by atoms with Crippen molar-refractivity contribution >= 4 is 22.7 Å². The molecule has 3 aromatic rings. The minimum Gasteiger partial charge on any atom is -0.358 e. The molecule has 5 saturated carbocycles. The molecule has 5 fully saturated rings. The number of amides is 2. The topological polar surface area (TPSA) is 65.2 Å². The second kappa shape index (κ2) is 9.93. The summed E-state index contributed by atoms with van der Waals surface area (Å²) < 4.78 is 15.0. The van der Waals surface area contributed by atoms with Crippen LogP contribution in [-0.4, -0.2) is 32.8 Å². The molecule has 5 nitrogen and oxygen atoms in total. The number of fused-ring (bicyclic) bond motifs is 1. The molecule has 5 aliphatic rings. The Morgan fingerprint density at radius 2 is 1.58 bits per heavy atom. The van der Waals surface area contributed by atoms with Crippen LogP contribution in [0.5, 0.6) is 0 Å². The van der Waals surface area contributed by atoms with E-state index in [2.05, 4.69) is 49.3 Å². The van der Waals surface area contributed by atoms with E-state index in [0.717, 1.165) is 30.5 Å². The number of hydrogen-bond acceptors (Lipinski definition) is 2. The zero-order valence-electron chi connectivity index (χ0n) is 26.3. The number of aryl methyl sites for hydroxylation is 1. The molecule has 4 bridgehead atoms. The highest BCUT2D eigenvalue weighted by Crippen LogP contribution is 2.67. The van der Waals surface area contributed by atoms with Gasteiger partial charge in [-0.2, -0.15) is 0 Å². The van der Waals surface area contributed by atoms with E-state index in [4.69, 9.17) is 0 Å². The molecule has 6 heteroatoms. The molecule has 2 aromatic carbocycles. The summed E-state index contributed by atoms with van der Waals surface area (Å²) in [5.41, 5.74) is 2.63. The fraction of sp³-hybridized carbons (Fsp3) is 0.568. The Morgan fingerprint density at radius 3 is 2.23 bits per heavy atom. The molecule has 0 unspecified atom stereocenters. The van der Waals surface area contributed by atoms with Gasteiger partial charge >= 0.3 is 0 Å². The monoisotopic (exact) mass is 583 g/mol. The molecule has 1 aromatic heterocycles. The third-order valence-electron chi connectivity index (χ3n) is 11.9. The highest BCUT2D eigenvalue weighted by Gasteiger charge is 2.60. The number of carbonyl (C=O) groups is 2. The van der Waals surface area contributed by atoms with Crippen LogP contribution in [-0.2, 0) is 16.1 Å². The van der Waals surface area contributed by atoms with E-state index in [9.17, 15) is 14.0 Å². The number of benzene rings is 2. The molecule has 5 aliphatic carbocycles. The second-order valence-corrected chi connectivity index (χ2v) is 15.6. The molecule has 43 heavy (non-hydrogen) atoms. The third kappa shape index (κ3) is 4.80. The summed E-state index contributed by atoms with van der Waals surface area (Å²) in [5, 5.41) is 4.73. The fourth-order valence-corrected chi connectivity index (χ4v) is 9.87. The number of rotatable bonds is 8. The van der Waals surface area contributed by atoms with Crippen molar-refractivity contribution in [2.45, 2.75) is 103 Å². The van der Waals surface area contributed by atoms with Crippen molar-refractivity contribution in [3.05, 3.63) is 71.2 Å². The molecule has 2 amide bonds. The minimum absolute atomic E-state index is 0.0662. The van der Waals surface area contributed by atoms with E-state index >= 15 is 0 Å². The van der Waals surface area contributed by atoms with Gasteiger partial charge in [-0.15, -0.1) is 0 Å². The Labute approximate surface area is 255 Å². The second-order valence-electron chi connectivity index (χ2n) is 15.6. The van der Waals surface area contributed by atoms with Gasteiger partial charge in [-0.25, -0.2) is 4.39 Å². The van der Waals surface area contributed by atoms with Gasteiger partial charge in [0.05, 0.1) is 0 Å². The molecule has 8 rings (SSSR count). The number of halogens is 1. The van der Waals surface area contributed by atoms with Gasteiger partial charge in [0.1, 0.15) is 11.4 Å². The van der Waals surface area contributed by atoms with Crippen LogP contribution in [0.25, 0.3) is 10.9 Å². The van der Waals surface area contributed by atoms with Gasteiger partial charge in [0, 0.05) is 40.7 Å². The highest BCUT2D eigenvalue weighted by atomic mass is 19.1. The van der Waals surface area contributed by atoms with Crippen molar-refractivity contribution in [3.8, 4) is 0 Å². The summed E-state index contributed by atoms with van der Waals surface area (Å²) in [5.74, 6) is 1.91. The summed E-state index contributed by atoms with van der Waals surface area (Å²) in [4.78, 5) is 33.8. The van der Waals surface area contributed by atoms with E-state index in [1.165, 1.54) is 36.3 Å².